The van der Waals surface area contributed by atoms with E-state index in [1.807, 2.05) is 4.90 Å². The number of aromatic nitrogens is 2. The Balaban J connectivity index is 1.63. The number of amides is 2. The average molecular weight is 414 g/mol. The second-order valence-electron chi connectivity index (χ2n) is 6.85. The van der Waals surface area contributed by atoms with Crippen LogP contribution in [0.5, 0.6) is 0 Å². The predicted octanol–water partition coefficient (Wildman–Crippen LogP) is 0.579. The largest absolute Gasteiger partial charge is 0.378 e. The highest BCUT2D eigenvalue weighted by molar-refractivity contribution is 6.04. The van der Waals surface area contributed by atoms with Crippen molar-refractivity contribution in [1.29, 1.82) is 0 Å². The molecule has 1 saturated heterocycles. The molecule has 0 aliphatic carbocycles. The molecule has 30 heavy (non-hydrogen) atoms. The number of carbonyl (C=O) groups is 2. The number of fused-ring (bicyclic) bond motifs is 1. The number of nitrogens with one attached hydrogen (secondary N) is 3. The Labute approximate surface area is 169 Å². The van der Waals surface area contributed by atoms with Gasteiger partial charge in [0.05, 0.1) is 29.6 Å². The topological polar surface area (TPSA) is 160 Å². The number of anilines is 3. The van der Waals surface area contributed by atoms with Gasteiger partial charge in [0.2, 0.25) is 17.8 Å². The van der Waals surface area contributed by atoms with E-state index in [2.05, 4.69) is 20.6 Å². The van der Waals surface area contributed by atoms with Gasteiger partial charge >= 0.3 is 0 Å². The van der Waals surface area contributed by atoms with Crippen molar-refractivity contribution in [1.82, 2.24) is 9.97 Å². The molecule has 0 spiro atoms. The lowest BCUT2D eigenvalue weighted by atomic mass is 9.92. The van der Waals surface area contributed by atoms with Crippen molar-refractivity contribution in [3.05, 3.63) is 50.3 Å². The molecule has 1 atom stereocenters. The average Bonchev–Trinajstić information content (AvgIpc) is 2.73. The number of benzene rings is 1. The summed E-state index contributed by atoms with van der Waals surface area (Å²) >= 11 is 0. The number of hydrogen-bond acceptors (Lipinski definition) is 8. The Morgan fingerprint density at radius 1 is 1.30 bits per heavy atom. The minimum Gasteiger partial charge on any atom is -0.378 e. The number of aromatic amines is 1. The molecule has 0 radical (unpaired) electrons. The second-order valence-corrected chi connectivity index (χ2v) is 6.85. The molecule has 12 nitrogen and oxygen atoms in total. The number of morpholine rings is 1. The number of ether oxygens (including phenoxy) is 1. The predicted molar refractivity (Wildman–Crippen MR) is 106 cm³/mol. The third kappa shape index (κ3) is 3.85. The zero-order valence-corrected chi connectivity index (χ0v) is 15.7. The number of nitrogens with zero attached hydrogens (tertiary/aromatic N) is 3. The summed E-state index contributed by atoms with van der Waals surface area (Å²) in [5.74, 6) is -1.83. The van der Waals surface area contributed by atoms with Gasteiger partial charge in [0.1, 0.15) is 5.82 Å². The summed E-state index contributed by atoms with van der Waals surface area (Å²) in [7, 11) is 0. The molecule has 4 rings (SSSR count). The van der Waals surface area contributed by atoms with Crippen LogP contribution in [0.3, 0.4) is 0 Å². The van der Waals surface area contributed by atoms with Gasteiger partial charge in [-0.2, -0.15) is 4.98 Å². The zero-order chi connectivity index (χ0) is 21.3. The first kappa shape index (κ1) is 19.5. The van der Waals surface area contributed by atoms with Crippen LogP contribution in [0.2, 0.25) is 0 Å². The summed E-state index contributed by atoms with van der Waals surface area (Å²) in [4.78, 5) is 57.0. The second kappa shape index (κ2) is 7.91. The SMILES string of the molecule is O=C1CC(C(=O)Nc2cccc([N+](=O)[O-])c2)c2c(nc(N3CCOCC3)[nH]c2=O)N1. The lowest BCUT2D eigenvalue weighted by molar-refractivity contribution is -0.384. The normalized spacial score (nSPS) is 18.3. The van der Waals surface area contributed by atoms with E-state index < -0.39 is 28.2 Å². The summed E-state index contributed by atoms with van der Waals surface area (Å²) < 4.78 is 5.28. The summed E-state index contributed by atoms with van der Waals surface area (Å²) in [5, 5.41) is 16.0. The highest BCUT2D eigenvalue weighted by Crippen LogP contribution is 2.30. The summed E-state index contributed by atoms with van der Waals surface area (Å²) in [6, 6.07) is 5.41. The van der Waals surface area contributed by atoms with Crippen molar-refractivity contribution in [3.63, 3.8) is 0 Å². The van der Waals surface area contributed by atoms with E-state index in [4.69, 9.17) is 4.74 Å². The molecule has 1 unspecified atom stereocenters. The van der Waals surface area contributed by atoms with Crippen LogP contribution in [0.15, 0.2) is 29.1 Å². The zero-order valence-electron chi connectivity index (χ0n) is 15.7. The fourth-order valence-corrected chi connectivity index (χ4v) is 3.43. The van der Waals surface area contributed by atoms with Gasteiger partial charge in [-0.05, 0) is 6.07 Å². The van der Waals surface area contributed by atoms with Crippen molar-refractivity contribution in [3.8, 4) is 0 Å². The lowest BCUT2D eigenvalue weighted by Crippen LogP contribution is -2.41. The number of H-pyrrole nitrogens is 1. The molecular formula is C18H18N6O6. The smallest absolute Gasteiger partial charge is 0.271 e. The van der Waals surface area contributed by atoms with Crippen molar-refractivity contribution in [2.75, 3.05) is 41.8 Å². The van der Waals surface area contributed by atoms with E-state index >= 15 is 0 Å². The Kier molecular flexibility index (Phi) is 5.14. The van der Waals surface area contributed by atoms with E-state index in [-0.39, 0.29) is 29.2 Å². The van der Waals surface area contributed by atoms with Crippen LogP contribution in [0.4, 0.5) is 23.1 Å². The molecule has 1 aromatic carbocycles. The van der Waals surface area contributed by atoms with Gasteiger partial charge in [-0.3, -0.25) is 29.5 Å². The van der Waals surface area contributed by atoms with Crippen molar-refractivity contribution in [2.24, 2.45) is 0 Å². The maximum Gasteiger partial charge on any atom is 0.271 e. The molecule has 2 aromatic rings. The number of hydrogen-bond donors (Lipinski definition) is 3. The van der Waals surface area contributed by atoms with Gasteiger partial charge < -0.3 is 20.3 Å². The first-order valence-electron chi connectivity index (χ1n) is 9.24. The van der Waals surface area contributed by atoms with E-state index in [0.717, 1.165) is 0 Å². The summed E-state index contributed by atoms with van der Waals surface area (Å²) in [5.41, 5.74) is -0.476. The molecular weight excluding hydrogens is 396 g/mol. The van der Waals surface area contributed by atoms with Crippen LogP contribution in [0.1, 0.15) is 17.9 Å². The number of carbonyl (C=O) groups excluding carboxylic acids is 2. The Hall–Kier alpha value is -3.80. The van der Waals surface area contributed by atoms with Crippen LogP contribution < -0.4 is 21.1 Å². The van der Waals surface area contributed by atoms with Crippen molar-refractivity contribution < 1.29 is 19.2 Å². The molecule has 0 bridgehead atoms. The van der Waals surface area contributed by atoms with Gasteiger partial charge in [-0.1, -0.05) is 6.07 Å². The van der Waals surface area contributed by atoms with E-state index in [0.29, 0.717) is 32.3 Å². The number of non-ortho nitro benzene ring substituents is 1. The van der Waals surface area contributed by atoms with E-state index in [1.54, 1.807) is 0 Å². The standard InChI is InChI=1S/C18H18N6O6/c25-13-9-12(16(26)19-10-2-1-3-11(8-10)24(28)29)14-15(20-13)21-18(22-17(14)27)23-4-6-30-7-5-23/h1-3,8,12H,4-7,9H2,(H,19,26)(H2,20,21,22,25,27). The van der Waals surface area contributed by atoms with E-state index in [9.17, 15) is 24.5 Å². The van der Waals surface area contributed by atoms with Crippen LogP contribution in [-0.4, -0.2) is 53.0 Å². The van der Waals surface area contributed by atoms with Crippen molar-refractivity contribution in [2.45, 2.75) is 12.3 Å². The fraction of sp³-hybridized carbons (Fsp3) is 0.333. The molecule has 156 valence electrons. The first-order valence-corrected chi connectivity index (χ1v) is 9.24. The number of nitro benzene ring substituents is 1. The molecule has 12 heteroatoms. The molecule has 0 saturated carbocycles. The maximum atomic E-state index is 12.8. The number of nitro groups is 1. The van der Waals surface area contributed by atoms with Crippen LogP contribution in [0, 0.1) is 10.1 Å². The third-order valence-corrected chi connectivity index (χ3v) is 4.89. The molecule has 2 amide bonds. The molecule has 2 aliphatic heterocycles. The monoisotopic (exact) mass is 414 g/mol. The molecule has 3 heterocycles. The van der Waals surface area contributed by atoms with Crippen molar-refractivity contribution >= 4 is 35.0 Å². The molecule has 1 fully saturated rings. The Bertz CT molecular complexity index is 1080. The molecule has 1 aromatic heterocycles. The molecule has 2 aliphatic rings. The van der Waals surface area contributed by atoms with Crippen LogP contribution in [-0.2, 0) is 14.3 Å². The highest BCUT2D eigenvalue weighted by atomic mass is 16.6. The minimum absolute atomic E-state index is 0.0377. The summed E-state index contributed by atoms with van der Waals surface area (Å²) in [6.45, 7) is 2.04. The van der Waals surface area contributed by atoms with Gasteiger partial charge in [-0.25, -0.2) is 0 Å². The van der Waals surface area contributed by atoms with Gasteiger partial charge in [0.25, 0.3) is 11.2 Å². The van der Waals surface area contributed by atoms with Crippen LogP contribution >= 0.6 is 0 Å². The van der Waals surface area contributed by atoms with Gasteiger partial charge in [0.15, 0.2) is 0 Å². The number of rotatable bonds is 4. The lowest BCUT2D eigenvalue weighted by Gasteiger charge is -2.29. The van der Waals surface area contributed by atoms with Crippen LogP contribution in [0.25, 0.3) is 0 Å². The highest BCUT2D eigenvalue weighted by Gasteiger charge is 2.35. The van der Waals surface area contributed by atoms with Gasteiger partial charge in [0, 0.05) is 37.3 Å². The summed E-state index contributed by atoms with van der Waals surface area (Å²) in [6.07, 6.45) is -0.241. The Morgan fingerprint density at radius 2 is 2.07 bits per heavy atom. The minimum atomic E-state index is -1.08. The fourth-order valence-electron chi connectivity index (χ4n) is 3.43. The first-order chi connectivity index (χ1) is 14.4. The Morgan fingerprint density at radius 3 is 2.80 bits per heavy atom. The molecule has 3 N–H and O–H groups in total. The van der Waals surface area contributed by atoms with Gasteiger partial charge in [-0.15, -0.1) is 0 Å². The van der Waals surface area contributed by atoms with E-state index in [1.165, 1.54) is 24.3 Å². The maximum absolute atomic E-state index is 12.8. The third-order valence-electron chi connectivity index (χ3n) is 4.89. The quantitative estimate of drug-likeness (QED) is 0.484.